The number of hydrogen-bond donors (Lipinski definition) is 1. The minimum Gasteiger partial charge on any atom is -0.324 e. The summed E-state index contributed by atoms with van der Waals surface area (Å²) in [6, 6.07) is 13.0. The Hall–Kier alpha value is -3.28. The van der Waals surface area contributed by atoms with Gasteiger partial charge >= 0.3 is 0 Å². The van der Waals surface area contributed by atoms with Crippen LogP contribution in [0, 0.1) is 19.7 Å². The summed E-state index contributed by atoms with van der Waals surface area (Å²) in [4.78, 5) is 30.1. The number of anilines is 1. The molecule has 29 heavy (non-hydrogen) atoms. The molecule has 0 radical (unpaired) electrons. The summed E-state index contributed by atoms with van der Waals surface area (Å²) >= 11 is 0. The number of aromatic nitrogens is 2. The summed E-state index contributed by atoms with van der Waals surface area (Å²) < 4.78 is 14.7. The summed E-state index contributed by atoms with van der Waals surface area (Å²) in [6.07, 6.45) is 1.49. The van der Waals surface area contributed by atoms with Gasteiger partial charge in [-0.15, -0.1) is 0 Å². The highest BCUT2D eigenvalue weighted by Crippen LogP contribution is 2.20. The lowest BCUT2D eigenvalue weighted by Gasteiger charge is -2.15. The molecule has 1 amide bonds. The van der Waals surface area contributed by atoms with Crippen molar-refractivity contribution in [2.45, 2.75) is 40.2 Å². The van der Waals surface area contributed by atoms with E-state index in [1.807, 2.05) is 39.0 Å². The molecule has 0 aliphatic heterocycles. The number of carbonyl (C=O) groups is 1. The molecule has 6 heteroatoms. The van der Waals surface area contributed by atoms with Gasteiger partial charge in [-0.3, -0.25) is 14.2 Å². The van der Waals surface area contributed by atoms with E-state index in [1.54, 1.807) is 12.1 Å². The Labute approximate surface area is 169 Å². The fourth-order valence-electron chi connectivity index (χ4n) is 3.24. The topological polar surface area (TPSA) is 64.0 Å². The van der Waals surface area contributed by atoms with Gasteiger partial charge in [-0.1, -0.05) is 31.5 Å². The number of amides is 1. The average molecular weight is 393 g/mol. The van der Waals surface area contributed by atoms with Crippen molar-refractivity contribution in [2.24, 2.45) is 0 Å². The van der Waals surface area contributed by atoms with E-state index >= 15 is 0 Å². The second kappa shape index (κ2) is 8.82. The van der Waals surface area contributed by atoms with Crippen LogP contribution in [0.4, 0.5) is 10.1 Å². The molecule has 0 saturated carbocycles. The second-order valence-corrected chi connectivity index (χ2v) is 7.07. The van der Waals surface area contributed by atoms with Crippen LogP contribution in [-0.2, 0) is 17.8 Å². The summed E-state index contributed by atoms with van der Waals surface area (Å²) in [7, 11) is 0. The molecule has 3 rings (SSSR count). The summed E-state index contributed by atoms with van der Waals surface area (Å²) in [6.45, 7) is 5.65. The number of para-hydroxylation sites is 1. The summed E-state index contributed by atoms with van der Waals surface area (Å²) in [5.41, 5.74) is 3.56. The van der Waals surface area contributed by atoms with Gasteiger partial charge in [0.1, 0.15) is 18.2 Å². The van der Waals surface area contributed by atoms with Crippen LogP contribution in [0.3, 0.4) is 0 Å². The molecule has 0 atom stereocenters. The monoisotopic (exact) mass is 393 g/mol. The normalized spacial score (nSPS) is 10.8. The van der Waals surface area contributed by atoms with Crippen LogP contribution in [0.25, 0.3) is 11.4 Å². The van der Waals surface area contributed by atoms with Gasteiger partial charge in [-0.2, -0.15) is 0 Å². The van der Waals surface area contributed by atoms with Crippen LogP contribution in [0.2, 0.25) is 0 Å². The Morgan fingerprint density at radius 3 is 2.38 bits per heavy atom. The third kappa shape index (κ3) is 4.77. The van der Waals surface area contributed by atoms with Crippen LogP contribution < -0.4 is 10.9 Å². The van der Waals surface area contributed by atoms with Crippen molar-refractivity contribution in [2.75, 3.05) is 5.32 Å². The molecule has 0 saturated heterocycles. The first-order valence-electron chi connectivity index (χ1n) is 9.61. The number of rotatable bonds is 6. The molecule has 1 aromatic heterocycles. The highest BCUT2D eigenvalue weighted by atomic mass is 19.1. The largest absolute Gasteiger partial charge is 0.324 e. The van der Waals surface area contributed by atoms with Crippen LogP contribution in [-0.4, -0.2) is 15.5 Å². The van der Waals surface area contributed by atoms with Gasteiger partial charge in [0.15, 0.2) is 0 Å². The smallest absolute Gasteiger partial charge is 0.254 e. The lowest BCUT2D eigenvalue weighted by Crippen LogP contribution is -2.30. The molecular formula is C23H24FN3O2. The molecule has 0 aliphatic rings. The minimum absolute atomic E-state index is 0.182. The lowest BCUT2D eigenvalue weighted by atomic mass is 10.1. The number of carbonyl (C=O) groups excluding carboxylic acids is 1. The van der Waals surface area contributed by atoms with Crippen molar-refractivity contribution in [3.8, 4) is 11.4 Å². The molecule has 0 spiro atoms. The van der Waals surface area contributed by atoms with Crippen molar-refractivity contribution < 1.29 is 9.18 Å². The number of halogens is 1. The average Bonchev–Trinajstić information content (AvgIpc) is 2.68. The Balaban J connectivity index is 1.98. The maximum Gasteiger partial charge on any atom is 0.254 e. The second-order valence-electron chi connectivity index (χ2n) is 7.07. The third-order valence-corrected chi connectivity index (χ3v) is 4.72. The zero-order chi connectivity index (χ0) is 21.0. The molecule has 0 unspecified atom stereocenters. The predicted octanol–water partition coefficient (Wildman–Crippen LogP) is 4.26. The Morgan fingerprint density at radius 2 is 1.76 bits per heavy atom. The zero-order valence-corrected chi connectivity index (χ0v) is 16.8. The fraction of sp³-hybridized carbons (Fsp3) is 0.261. The van der Waals surface area contributed by atoms with Crippen molar-refractivity contribution in [3.63, 3.8) is 0 Å². The van der Waals surface area contributed by atoms with Gasteiger partial charge in [-0.05, 0) is 55.7 Å². The van der Waals surface area contributed by atoms with Gasteiger partial charge in [0, 0.05) is 23.0 Å². The van der Waals surface area contributed by atoms with E-state index in [4.69, 9.17) is 0 Å². The highest BCUT2D eigenvalue weighted by molar-refractivity contribution is 5.92. The van der Waals surface area contributed by atoms with E-state index in [0.29, 0.717) is 23.5 Å². The molecule has 150 valence electrons. The first-order valence-corrected chi connectivity index (χ1v) is 9.61. The van der Waals surface area contributed by atoms with Crippen LogP contribution >= 0.6 is 0 Å². The third-order valence-electron chi connectivity index (χ3n) is 4.72. The molecule has 0 aliphatic carbocycles. The first kappa shape index (κ1) is 20.5. The van der Waals surface area contributed by atoms with Crippen molar-refractivity contribution >= 4 is 11.6 Å². The van der Waals surface area contributed by atoms with Gasteiger partial charge in [0.05, 0.1) is 0 Å². The van der Waals surface area contributed by atoms with Crippen LogP contribution in [0.15, 0.2) is 53.3 Å². The molecule has 0 fully saturated rings. The highest BCUT2D eigenvalue weighted by Gasteiger charge is 2.15. The van der Waals surface area contributed by atoms with Gasteiger partial charge < -0.3 is 5.32 Å². The summed E-state index contributed by atoms with van der Waals surface area (Å²) in [5.74, 6) is -0.337. The fourth-order valence-corrected chi connectivity index (χ4v) is 3.24. The predicted molar refractivity (Wildman–Crippen MR) is 112 cm³/mol. The maximum atomic E-state index is 13.4. The number of hydrogen-bond acceptors (Lipinski definition) is 3. The standard InChI is InChI=1S/C23H24FN3O2/c1-4-6-19-13-21(29)27(23(25-19)17-9-11-18(24)12-10-17)14-20(28)26-22-15(2)7-5-8-16(22)3/h5,7-13H,4,6,14H2,1-3H3,(H,26,28). The van der Waals surface area contributed by atoms with E-state index < -0.39 is 0 Å². The number of benzene rings is 2. The lowest BCUT2D eigenvalue weighted by molar-refractivity contribution is -0.116. The zero-order valence-electron chi connectivity index (χ0n) is 16.8. The molecule has 2 aromatic carbocycles. The molecule has 1 heterocycles. The van der Waals surface area contributed by atoms with E-state index in [1.165, 1.54) is 22.8 Å². The first-order chi connectivity index (χ1) is 13.9. The molecule has 1 N–H and O–H groups in total. The Kier molecular flexibility index (Phi) is 6.22. The van der Waals surface area contributed by atoms with Crippen LogP contribution in [0.5, 0.6) is 0 Å². The van der Waals surface area contributed by atoms with Gasteiger partial charge in [0.2, 0.25) is 5.91 Å². The Bertz CT molecular complexity index is 1070. The Morgan fingerprint density at radius 1 is 1.10 bits per heavy atom. The van der Waals surface area contributed by atoms with E-state index in [-0.39, 0.29) is 23.8 Å². The van der Waals surface area contributed by atoms with Crippen LogP contribution in [0.1, 0.15) is 30.2 Å². The SMILES string of the molecule is CCCc1cc(=O)n(CC(=O)Nc2c(C)cccc2C)c(-c2ccc(F)cc2)n1. The molecule has 5 nitrogen and oxygen atoms in total. The van der Waals surface area contributed by atoms with Gasteiger partial charge in [-0.25, -0.2) is 9.37 Å². The summed E-state index contributed by atoms with van der Waals surface area (Å²) in [5, 5.41) is 2.90. The van der Waals surface area contributed by atoms with Crippen molar-refractivity contribution in [1.29, 1.82) is 0 Å². The van der Waals surface area contributed by atoms with Crippen molar-refractivity contribution in [3.05, 3.63) is 81.5 Å². The number of aryl methyl sites for hydroxylation is 3. The quantitative estimate of drug-likeness (QED) is 0.681. The molecular weight excluding hydrogens is 369 g/mol. The molecule has 3 aromatic rings. The number of nitrogens with one attached hydrogen (secondary N) is 1. The van der Waals surface area contributed by atoms with E-state index in [0.717, 1.165) is 23.2 Å². The van der Waals surface area contributed by atoms with E-state index in [9.17, 15) is 14.0 Å². The van der Waals surface area contributed by atoms with Crippen molar-refractivity contribution in [1.82, 2.24) is 9.55 Å². The van der Waals surface area contributed by atoms with Gasteiger partial charge in [0.25, 0.3) is 5.56 Å². The minimum atomic E-state index is -0.375. The maximum absolute atomic E-state index is 13.4. The van der Waals surface area contributed by atoms with E-state index in [2.05, 4.69) is 10.3 Å². The molecule has 0 bridgehead atoms. The number of nitrogens with zero attached hydrogens (tertiary/aromatic N) is 2.